The summed E-state index contributed by atoms with van der Waals surface area (Å²) in [5.41, 5.74) is -0.248. The van der Waals surface area contributed by atoms with Crippen molar-refractivity contribution >= 4 is 11.7 Å². The normalized spacial score (nSPS) is 9.86. The lowest BCUT2D eigenvalue weighted by molar-refractivity contribution is -0.386. The molecule has 1 aromatic carbocycles. The number of hydrogen-bond donors (Lipinski definition) is 1. The molecule has 0 amide bonds. The quantitative estimate of drug-likeness (QED) is 0.660. The molecule has 21 heavy (non-hydrogen) atoms. The van der Waals surface area contributed by atoms with Crippen LogP contribution in [0.4, 0.5) is 5.69 Å². The SMILES string of the molecule is N#Cc1ccc(OCc2cc(C(=O)O)co2)c([N+](=O)[O-])c1. The largest absolute Gasteiger partial charge is 0.479 e. The third kappa shape index (κ3) is 3.16. The lowest BCUT2D eigenvalue weighted by atomic mass is 10.2. The minimum atomic E-state index is -1.14. The molecule has 1 heterocycles. The molecule has 2 aromatic rings. The average molecular weight is 288 g/mol. The summed E-state index contributed by atoms with van der Waals surface area (Å²) in [6.07, 6.45) is 1.05. The molecule has 8 heteroatoms. The molecule has 0 aliphatic carbocycles. The van der Waals surface area contributed by atoms with Gasteiger partial charge in [0.2, 0.25) is 0 Å². The number of benzene rings is 1. The van der Waals surface area contributed by atoms with E-state index in [0.29, 0.717) is 0 Å². The molecule has 8 nitrogen and oxygen atoms in total. The van der Waals surface area contributed by atoms with Gasteiger partial charge in [0.05, 0.1) is 22.1 Å². The van der Waals surface area contributed by atoms with E-state index in [1.807, 2.05) is 0 Å². The van der Waals surface area contributed by atoms with Gasteiger partial charge in [-0.1, -0.05) is 0 Å². The Bertz CT molecular complexity index is 743. The highest BCUT2D eigenvalue weighted by Crippen LogP contribution is 2.28. The van der Waals surface area contributed by atoms with Crippen molar-refractivity contribution in [3.63, 3.8) is 0 Å². The number of carboxylic acids is 1. The van der Waals surface area contributed by atoms with E-state index in [1.165, 1.54) is 18.2 Å². The van der Waals surface area contributed by atoms with Gasteiger partial charge in [0.15, 0.2) is 5.75 Å². The van der Waals surface area contributed by atoms with Gasteiger partial charge in [-0.25, -0.2) is 4.79 Å². The molecule has 106 valence electrons. The van der Waals surface area contributed by atoms with Crippen molar-refractivity contribution in [2.75, 3.05) is 0 Å². The Kier molecular flexibility index (Phi) is 3.85. The van der Waals surface area contributed by atoms with E-state index in [2.05, 4.69) is 0 Å². The molecule has 0 saturated carbocycles. The lowest BCUT2D eigenvalue weighted by Crippen LogP contribution is -1.99. The molecule has 1 N–H and O–H groups in total. The van der Waals surface area contributed by atoms with Gasteiger partial charge in [-0.3, -0.25) is 10.1 Å². The highest BCUT2D eigenvalue weighted by Gasteiger charge is 2.17. The van der Waals surface area contributed by atoms with Crippen molar-refractivity contribution in [1.29, 1.82) is 5.26 Å². The molecule has 0 atom stereocenters. The molecule has 0 aliphatic rings. The van der Waals surface area contributed by atoms with E-state index in [0.717, 1.165) is 12.3 Å². The van der Waals surface area contributed by atoms with Crippen molar-refractivity contribution in [1.82, 2.24) is 0 Å². The number of nitriles is 1. The number of carbonyl (C=O) groups is 1. The monoisotopic (exact) mass is 288 g/mol. The summed E-state index contributed by atoms with van der Waals surface area (Å²) in [6.45, 7) is -0.167. The maximum Gasteiger partial charge on any atom is 0.338 e. The van der Waals surface area contributed by atoms with Gasteiger partial charge in [0, 0.05) is 6.07 Å². The Hall–Kier alpha value is -3.34. The maximum absolute atomic E-state index is 10.9. The van der Waals surface area contributed by atoms with Crippen LogP contribution in [0.15, 0.2) is 34.9 Å². The number of furan rings is 1. The third-order valence-corrected chi connectivity index (χ3v) is 2.56. The van der Waals surface area contributed by atoms with E-state index < -0.39 is 10.9 Å². The van der Waals surface area contributed by atoms with Crippen LogP contribution in [0.25, 0.3) is 0 Å². The van der Waals surface area contributed by atoms with Gasteiger partial charge >= 0.3 is 11.7 Å². The molecule has 1 aromatic heterocycles. The van der Waals surface area contributed by atoms with Crippen LogP contribution in [0.3, 0.4) is 0 Å². The first kappa shape index (κ1) is 14.1. The molecule has 0 spiro atoms. The Morgan fingerprint density at radius 2 is 2.24 bits per heavy atom. The minimum absolute atomic E-state index is 0.0349. The first-order valence-electron chi connectivity index (χ1n) is 5.63. The summed E-state index contributed by atoms with van der Waals surface area (Å²) in [6, 6.07) is 6.84. The van der Waals surface area contributed by atoms with Crippen LogP contribution in [0.1, 0.15) is 21.7 Å². The summed E-state index contributed by atoms with van der Waals surface area (Å²) in [5, 5.41) is 28.4. The highest BCUT2D eigenvalue weighted by molar-refractivity contribution is 5.87. The summed E-state index contributed by atoms with van der Waals surface area (Å²) in [4.78, 5) is 20.9. The average Bonchev–Trinajstić information content (AvgIpc) is 2.94. The maximum atomic E-state index is 10.9. The van der Waals surface area contributed by atoms with Gasteiger partial charge in [0.1, 0.15) is 18.6 Å². The van der Waals surface area contributed by atoms with E-state index >= 15 is 0 Å². The van der Waals surface area contributed by atoms with Crippen molar-refractivity contribution < 1.29 is 24.0 Å². The zero-order chi connectivity index (χ0) is 15.4. The van der Waals surface area contributed by atoms with E-state index in [-0.39, 0.29) is 34.9 Å². The fourth-order valence-electron chi connectivity index (χ4n) is 1.57. The van der Waals surface area contributed by atoms with Gasteiger partial charge in [-0.15, -0.1) is 0 Å². The Balaban J connectivity index is 2.17. The molecular weight excluding hydrogens is 280 g/mol. The van der Waals surface area contributed by atoms with Crippen LogP contribution in [-0.2, 0) is 6.61 Å². The fraction of sp³-hybridized carbons (Fsp3) is 0.0769. The smallest absolute Gasteiger partial charge is 0.338 e. The van der Waals surface area contributed by atoms with Crippen molar-refractivity contribution in [3.05, 3.63) is 57.5 Å². The standard InChI is InChI=1S/C13H8N2O6/c14-5-8-1-2-12(11(3-8)15(18)19)21-7-10-4-9(6-20-10)13(16)17/h1-4,6H,7H2,(H,16,17). The molecule has 0 fully saturated rings. The summed E-state index contributed by atoms with van der Waals surface area (Å²) in [5.74, 6) is -0.965. The van der Waals surface area contributed by atoms with Crippen molar-refractivity contribution in [2.24, 2.45) is 0 Å². The number of nitro benzene ring substituents is 1. The molecule has 0 radical (unpaired) electrons. The second-order valence-electron chi connectivity index (χ2n) is 3.95. The second kappa shape index (κ2) is 5.75. The predicted molar refractivity (Wildman–Crippen MR) is 67.8 cm³/mol. The summed E-state index contributed by atoms with van der Waals surface area (Å²) >= 11 is 0. The predicted octanol–water partition coefficient (Wildman–Crippen LogP) is 2.34. The molecule has 0 bridgehead atoms. The van der Waals surface area contributed by atoms with Crippen LogP contribution < -0.4 is 4.74 Å². The molecular formula is C13H8N2O6. The summed E-state index contributed by atoms with van der Waals surface area (Å²) in [7, 11) is 0. The van der Waals surface area contributed by atoms with E-state index in [4.69, 9.17) is 19.5 Å². The first-order chi connectivity index (χ1) is 10.0. The van der Waals surface area contributed by atoms with Gasteiger partial charge in [0.25, 0.3) is 0 Å². The number of ether oxygens (including phenoxy) is 1. The highest BCUT2D eigenvalue weighted by atomic mass is 16.6. The lowest BCUT2D eigenvalue weighted by Gasteiger charge is -2.05. The zero-order valence-corrected chi connectivity index (χ0v) is 10.5. The topological polar surface area (TPSA) is 127 Å². The van der Waals surface area contributed by atoms with Crippen molar-refractivity contribution in [2.45, 2.75) is 6.61 Å². The number of nitrogens with zero attached hydrogens (tertiary/aromatic N) is 2. The number of hydrogen-bond acceptors (Lipinski definition) is 6. The molecule has 0 aliphatic heterocycles. The third-order valence-electron chi connectivity index (χ3n) is 2.56. The van der Waals surface area contributed by atoms with Crippen LogP contribution in [0.2, 0.25) is 0 Å². The van der Waals surface area contributed by atoms with Crippen LogP contribution >= 0.6 is 0 Å². The second-order valence-corrected chi connectivity index (χ2v) is 3.95. The minimum Gasteiger partial charge on any atom is -0.479 e. The Morgan fingerprint density at radius 1 is 1.48 bits per heavy atom. The van der Waals surface area contributed by atoms with Gasteiger partial charge in [-0.05, 0) is 18.2 Å². The summed E-state index contributed by atoms with van der Waals surface area (Å²) < 4.78 is 10.2. The Labute approximate surface area is 117 Å². The first-order valence-corrected chi connectivity index (χ1v) is 5.63. The molecule has 0 unspecified atom stereocenters. The molecule has 0 saturated heterocycles. The molecule has 2 rings (SSSR count). The van der Waals surface area contributed by atoms with Crippen LogP contribution in [0, 0.1) is 21.4 Å². The van der Waals surface area contributed by atoms with Gasteiger partial charge in [-0.2, -0.15) is 5.26 Å². The van der Waals surface area contributed by atoms with Gasteiger partial charge < -0.3 is 14.3 Å². The van der Waals surface area contributed by atoms with Crippen LogP contribution in [0.5, 0.6) is 5.75 Å². The number of aromatic carboxylic acids is 1. The number of nitro groups is 1. The number of carboxylic acid groups (broad SMARTS) is 1. The van der Waals surface area contributed by atoms with E-state index in [1.54, 1.807) is 6.07 Å². The Morgan fingerprint density at radius 3 is 2.81 bits per heavy atom. The fourth-order valence-corrected chi connectivity index (χ4v) is 1.57. The van der Waals surface area contributed by atoms with E-state index in [9.17, 15) is 14.9 Å². The van der Waals surface area contributed by atoms with Crippen molar-refractivity contribution in [3.8, 4) is 11.8 Å². The van der Waals surface area contributed by atoms with Crippen LogP contribution in [-0.4, -0.2) is 16.0 Å². The number of rotatable bonds is 5. The zero-order valence-electron chi connectivity index (χ0n) is 10.5.